The highest BCUT2D eigenvalue weighted by Crippen LogP contribution is 2.59. The summed E-state index contributed by atoms with van der Waals surface area (Å²) in [4.78, 5) is 75.7. The van der Waals surface area contributed by atoms with E-state index in [0.717, 1.165) is 79.2 Å². The Kier molecular flexibility index (Phi) is 22.4. The lowest BCUT2D eigenvalue weighted by Gasteiger charge is -2.56. The first-order valence-electron chi connectivity index (χ1n) is 26.9. The number of carbonyl (C=O) groups excluding carboxylic acids is 5. The van der Waals surface area contributed by atoms with Crippen LogP contribution in [0.5, 0.6) is 0 Å². The number of nitrogens with zero attached hydrogens (tertiary/aromatic N) is 2. The SMILES string of the molecule is C[NH2+]C[C@H](O)[C@@H](O)[C@H](O)[C@H](O)CO.C[NH2+]C[C@H](O)[C@@H](O)[C@H](O)[C@H](O)CO.O=C([O-])c1cc(NC(=O)C2Cc3ccccc3CCCCN2C(=O)c2cc3[nH]cnc3cc2C(=O)NCC23CC4CC(CC(C4)C2)C3)cc(C(=O)[O-])c1. The van der Waals surface area contributed by atoms with Gasteiger partial charge in [0.1, 0.15) is 68.0 Å². The molecule has 4 bridgehead atoms. The summed E-state index contributed by atoms with van der Waals surface area (Å²) in [7, 11) is 3.40. The van der Waals surface area contributed by atoms with Gasteiger partial charge >= 0.3 is 0 Å². The van der Waals surface area contributed by atoms with Crippen molar-refractivity contribution in [3.05, 3.63) is 94.3 Å². The number of nitrogens with two attached hydrogens (primary N) is 2. The highest BCUT2D eigenvalue weighted by Gasteiger charge is 2.51. The van der Waals surface area contributed by atoms with E-state index in [9.17, 15) is 54.6 Å². The monoisotopic (exact) mass is 1110 g/mol. The van der Waals surface area contributed by atoms with Gasteiger partial charge < -0.3 is 102 Å². The third kappa shape index (κ3) is 15.9. The summed E-state index contributed by atoms with van der Waals surface area (Å²) in [5.74, 6) is -2.62. The minimum Gasteiger partial charge on any atom is -0.545 e. The van der Waals surface area contributed by atoms with E-state index in [2.05, 4.69) is 20.6 Å². The van der Waals surface area contributed by atoms with Gasteiger partial charge in [0.05, 0.1) is 67.7 Å². The average Bonchev–Trinajstić information content (AvgIpc) is 4.00. The fourth-order valence-corrected chi connectivity index (χ4v) is 12.0. The highest BCUT2D eigenvalue weighted by molar-refractivity contribution is 6.11. The molecule has 1 aliphatic heterocycles. The number of rotatable bonds is 20. The zero-order valence-electron chi connectivity index (χ0n) is 44.4. The molecule has 0 radical (unpaired) electrons. The van der Waals surface area contributed by atoms with Crippen molar-refractivity contribution in [1.29, 1.82) is 0 Å². The highest BCUT2D eigenvalue weighted by atomic mass is 16.4. The Balaban J connectivity index is 0.000000321. The largest absolute Gasteiger partial charge is 0.545 e. The predicted octanol–water partition coefficient (Wildman–Crippen LogP) is -5.50. The number of aromatic amines is 1. The molecule has 1 unspecified atom stereocenters. The first-order chi connectivity index (χ1) is 37.6. The number of likely N-dealkylation sites (N-methyl/N-ethyl adjacent to an activating group) is 2. The van der Waals surface area contributed by atoms with Crippen LogP contribution in [0.25, 0.3) is 11.0 Å². The van der Waals surface area contributed by atoms with Gasteiger partial charge in [0.15, 0.2) is 0 Å². The number of fused-ring (bicyclic) bond motifs is 2. The number of aromatic carboxylic acids is 2. The molecule has 1 aromatic heterocycles. The van der Waals surface area contributed by atoms with E-state index in [0.29, 0.717) is 24.0 Å². The molecule has 3 amide bonds. The molecule has 2 heterocycles. The summed E-state index contributed by atoms with van der Waals surface area (Å²) in [5, 5.41) is 122. The van der Waals surface area contributed by atoms with Gasteiger partial charge in [-0.05, 0) is 134 Å². The predicted molar refractivity (Wildman–Crippen MR) is 278 cm³/mol. The van der Waals surface area contributed by atoms with E-state index >= 15 is 0 Å². The normalized spacial score (nSPS) is 23.5. The van der Waals surface area contributed by atoms with Crippen molar-refractivity contribution < 1.29 is 95.9 Å². The molecule has 0 saturated heterocycles. The number of H-pyrrole nitrogens is 1. The van der Waals surface area contributed by atoms with Crippen LogP contribution < -0.4 is 31.5 Å². The fourth-order valence-electron chi connectivity index (χ4n) is 12.0. The quantitative estimate of drug-likeness (QED) is 0.0393. The second-order valence-corrected chi connectivity index (χ2v) is 21.6. The lowest BCUT2D eigenvalue weighted by Crippen LogP contribution is -2.83. The number of aryl methyl sites for hydroxylation is 1. The van der Waals surface area contributed by atoms with E-state index in [1.165, 1.54) is 30.5 Å². The maximum Gasteiger partial charge on any atom is 0.255 e. The number of carboxylic acid groups (broad SMARTS) is 2. The number of quaternary nitrogens is 2. The van der Waals surface area contributed by atoms with Crippen LogP contribution in [-0.4, -0.2) is 204 Å². The fraction of sp³-hybridized carbons (Fsp3) is 0.564. The van der Waals surface area contributed by atoms with Crippen molar-refractivity contribution in [3.8, 4) is 0 Å². The van der Waals surface area contributed by atoms with Gasteiger partial charge in [-0.25, -0.2) is 4.98 Å². The van der Waals surface area contributed by atoms with Crippen LogP contribution in [0, 0.1) is 23.2 Å². The number of amides is 3. The number of nitrogens with one attached hydrogen (secondary N) is 3. The van der Waals surface area contributed by atoms with Crippen molar-refractivity contribution in [3.63, 3.8) is 0 Å². The maximum absolute atomic E-state index is 14.9. The summed E-state index contributed by atoms with van der Waals surface area (Å²) in [6.07, 6.45) is -0.149. The van der Waals surface area contributed by atoms with E-state index in [1.807, 2.05) is 24.3 Å². The lowest BCUT2D eigenvalue weighted by molar-refractivity contribution is -0.635. The third-order valence-electron chi connectivity index (χ3n) is 15.7. The van der Waals surface area contributed by atoms with Gasteiger partial charge in [-0.15, -0.1) is 0 Å². The molecule has 79 heavy (non-hydrogen) atoms. The Morgan fingerprint density at radius 3 is 1.73 bits per heavy atom. The number of benzene rings is 3. The Labute approximate surface area is 456 Å². The summed E-state index contributed by atoms with van der Waals surface area (Å²) in [6.45, 7) is -0.121. The van der Waals surface area contributed by atoms with Gasteiger partial charge in [-0.2, -0.15) is 0 Å². The van der Waals surface area contributed by atoms with E-state index in [-0.39, 0.29) is 54.2 Å². The van der Waals surface area contributed by atoms with E-state index in [4.69, 9.17) is 30.6 Å². The van der Waals surface area contributed by atoms with Crippen molar-refractivity contribution in [2.75, 3.05) is 58.8 Å². The van der Waals surface area contributed by atoms with Crippen molar-refractivity contribution in [2.24, 2.45) is 23.2 Å². The molecule has 0 spiro atoms. The molecular formula is C55H77N7O17. The number of aliphatic hydroxyl groups excluding tert-OH is 10. The lowest BCUT2D eigenvalue weighted by atomic mass is 9.49. The summed E-state index contributed by atoms with van der Waals surface area (Å²) in [5.41, 5.74) is 2.39. The molecule has 4 fully saturated rings. The number of aliphatic hydroxyl groups is 10. The Morgan fingerprint density at radius 2 is 1.23 bits per heavy atom. The number of carbonyl (C=O) groups is 5. The van der Waals surface area contributed by atoms with Gasteiger partial charge in [-0.1, -0.05) is 24.3 Å². The molecule has 4 aromatic rings. The summed E-state index contributed by atoms with van der Waals surface area (Å²) in [6, 6.07) is 12.9. The third-order valence-corrected chi connectivity index (χ3v) is 15.7. The zero-order chi connectivity index (χ0) is 57.7. The standard InChI is InChI=1S/C41H43N5O7.2C7H17NO5/c47-36(42-21-41-18-23-9-24(19-41)11-25(10-23)20-41)31-16-33-34(44-22-43-33)17-32(31)38(49)46-8-4-3-6-26-5-1-2-7-27(26)15-35(46)37(48)45-30-13-28(39(50)51)12-29(14-30)40(52)53;2*1-8-2-4(10)6(12)7(13)5(11)3-9/h1-2,5,7,12-14,16-17,22-25,35H,3-4,6,8-11,15,18-21H2,(H,42,47)(H,43,44)(H,45,48)(H,50,51)(H,52,53);2*4-13H,2-3H2,1H3/t;2*4-,5+,6+,7+/m.00/s1. The van der Waals surface area contributed by atoms with E-state index in [1.54, 1.807) is 36.9 Å². The van der Waals surface area contributed by atoms with E-state index < -0.39 is 103 Å². The summed E-state index contributed by atoms with van der Waals surface area (Å²) >= 11 is 0. The Morgan fingerprint density at radius 1 is 0.709 bits per heavy atom. The second-order valence-electron chi connectivity index (χ2n) is 21.6. The molecule has 5 aliphatic rings. The number of anilines is 1. The molecule has 434 valence electrons. The average molecular weight is 1110 g/mol. The number of hydrogen-bond acceptors (Lipinski definition) is 18. The molecule has 9 atom stereocenters. The molecule has 3 aromatic carbocycles. The number of carboxylic acids is 2. The van der Waals surface area contributed by atoms with Crippen molar-refractivity contribution in [2.45, 2.75) is 119 Å². The molecule has 4 saturated carbocycles. The maximum atomic E-state index is 14.9. The Hall–Kier alpha value is -6.00. The van der Waals surface area contributed by atoms with Crippen LogP contribution in [0.4, 0.5) is 5.69 Å². The van der Waals surface area contributed by atoms with Crippen molar-refractivity contribution in [1.82, 2.24) is 20.2 Å². The second kappa shape index (κ2) is 28.4. The van der Waals surface area contributed by atoms with Gasteiger partial charge in [-0.3, -0.25) is 14.4 Å². The minimum absolute atomic E-state index is 0.0768. The van der Waals surface area contributed by atoms with Crippen LogP contribution in [0.2, 0.25) is 0 Å². The van der Waals surface area contributed by atoms with Gasteiger partial charge in [0.25, 0.3) is 11.8 Å². The minimum atomic E-state index is -1.63. The number of aromatic nitrogens is 2. The van der Waals surface area contributed by atoms with Crippen LogP contribution in [-0.2, 0) is 17.6 Å². The molecule has 24 nitrogen and oxygen atoms in total. The van der Waals surface area contributed by atoms with Gasteiger partial charge in [0.2, 0.25) is 5.91 Å². The molecule has 4 aliphatic carbocycles. The number of hydrogen-bond donors (Lipinski definition) is 15. The van der Waals surface area contributed by atoms with Crippen LogP contribution >= 0.6 is 0 Å². The molecule has 24 heteroatoms. The topological polar surface area (TPSA) is 423 Å². The van der Waals surface area contributed by atoms with Crippen LogP contribution in [0.3, 0.4) is 0 Å². The van der Waals surface area contributed by atoms with Crippen molar-refractivity contribution >= 4 is 46.4 Å². The van der Waals surface area contributed by atoms with Crippen LogP contribution in [0.1, 0.15) is 104 Å². The zero-order valence-corrected chi connectivity index (χ0v) is 44.4. The van der Waals surface area contributed by atoms with Gasteiger partial charge in [0, 0.05) is 25.2 Å². The molecular weight excluding hydrogens is 1030 g/mol. The van der Waals surface area contributed by atoms with Crippen LogP contribution in [0.15, 0.2) is 60.9 Å². The smallest absolute Gasteiger partial charge is 0.255 e. The molecule has 9 rings (SSSR count). The first kappa shape index (κ1) is 62.2. The summed E-state index contributed by atoms with van der Waals surface area (Å²) < 4.78 is 0. The number of imidazole rings is 1. The molecule has 17 N–H and O–H groups in total. The Bertz CT molecular complexity index is 2610. The first-order valence-corrected chi connectivity index (χ1v) is 26.9.